The molecule has 2 N–H and O–H groups in total. The van der Waals surface area contributed by atoms with Crippen LogP contribution in [0.25, 0.3) is 17.2 Å². The molecule has 7 heteroatoms. The van der Waals surface area contributed by atoms with E-state index in [1.54, 1.807) is 10.8 Å². The standard InChI is InChI=1S/C45H38N2O4S/c48-43-42(52-44(49)47(43)45(38-18-7-2-8-19-38,39-20-9-3-10-21-39)40-22-11-4-12-23-40)33-35-24-26-41(27-25-35)50-30-31-51-46-29-28-34-14-13-17-37(32-34)36-15-5-1-6-16-36/h1-29,32,46,48H,30-31,33H2. The van der Waals surface area contributed by atoms with E-state index in [1.807, 2.05) is 152 Å². The first-order chi connectivity index (χ1) is 25.6. The molecule has 0 atom stereocenters. The van der Waals surface area contributed by atoms with Crippen LogP contribution in [0.2, 0.25) is 0 Å². The maximum absolute atomic E-state index is 14.0. The molecular formula is C45H38N2O4S. The zero-order chi connectivity index (χ0) is 35.6. The normalized spacial score (nSPS) is 11.5. The molecule has 0 saturated heterocycles. The maximum Gasteiger partial charge on any atom is 0.311 e. The van der Waals surface area contributed by atoms with Crippen molar-refractivity contribution in [2.24, 2.45) is 0 Å². The molecule has 7 aromatic rings. The summed E-state index contributed by atoms with van der Waals surface area (Å²) in [5.74, 6) is 0.654. The summed E-state index contributed by atoms with van der Waals surface area (Å²) in [7, 11) is 0. The maximum atomic E-state index is 14.0. The SMILES string of the molecule is O=c1sc(Cc2ccc(OCCONC=Cc3cccc(-c4ccccc4)c3)cc2)c(O)n1C(c1ccccc1)(c1ccccc1)c1ccccc1. The third-order valence-electron chi connectivity index (χ3n) is 8.93. The van der Waals surface area contributed by atoms with Crippen LogP contribution in [0.4, 0.5) is 0 Å². The Kier molecular flexibility index (Phi) is 10.7. The fourth-order valence-corrected chi connectivity index (χ4v) is 7.47. The average molecular weight is 703 g/mol. The van der Waals surface area contributed by atoms with E-state index in [4.69, 9.17) is 9.57 Å². The Labute approximate surface area is 307 Å². The van der Waals surface area contributed by atoms with Crippen molar-refractivity contribution in [1.82, 2.24) is 10.0 Å². The van der Waals surface area contributed by atoms with Gasteiger partial charge in [0.2, 0.25) is 5.88 Å². The number of hydroxylamine groups is 1. The molecule has 52 heavy (non-hydrogen) atoms. The first-order valence-corrected chi connectivity index (χ1v) is 18.0. The predicted octanol–water partition coefficient (Wildman–Crippen LogP) is 9.28. The van der Waals surface area contributed by atoms with Crippen molar-refractivity contribution in [3.63, 3.8) is 0 Å². The molecule has 7 rings (SSSR count). The van der Waals surface area contributed by atoms with E-state index in [2.05, 4.69) is 29.7 Å². The molecule has 0 aliphatic carbocycles. The van der Waals surface area contributed by atoms with E-state index in [1.165, 1.54) is 5.56 Å². The molecule has 0 saturated carbocycles. The number of benzene rings is 6. The lowest BCUT2D eigenvalue weighted by molar-refractivity contribution is 0.0484. The van der Waals surface area contributed by atoms with Crippen LogP contribution in [-0.2, 0) is 16.8 Å². The van der Waals surface area contributed by atoms with Crippen molar-refractivity contribution in [2.75, 3.05) is 13.2 Å². The van der Waals surface area contributed by atoms with Gasteiger partial charge in [-0.25, -0.2) is 0 Å². The van der Waals surface area contributed by atoms with Gasteiger partial charge >= 0.3 is 4.87 Å². The number of nitrogens with one attached hydrogen (secondary N) is 1. The second-order valence-electron chi connectivity index (χ2n) is 12.2. The number of ether oxygens (including phenoxy) is 1. The number of aromatic nitrogens is 1. The first kappa shape index (κ1) is 34.3. The molecule has 0 radical (unpaired) electrons. The van der Waals surface area contributed by atoms with Gasteiger partial charge in [-0.2, -0.15) is 0 Å². The molecule has 1 heterocycles. The minimum Gasteiger partial charge on any atom is -0.494 e. The molecule has 258 valence electrons. The van der Waals surface area contributed by atoms with Crippen LogP contribution in [0.1, 0.15) is 32.7 Å². The molecular weight excluding hydrogens is 665 g/mol. The highest BCUT2D eigenvalue weighted by Crippen LogP contribution is 2.43. The van der Waals surface area contributed by atoms with Crippen LogP contribution >= 0.6 is 11.3 Å². The number of rotatable bonds is 14. The molecule has 0 fully saturated rings. The summed E-state index contributed by atoms with van der Waals surface area (Å²) >= 11 is 1.07. The Morgan fingerprint density at radius 3 is 1.81 bits per heavy atom. The minimum absolute atomic E-state index is 0.0468. The van der Waals surface area contributed by atoms with Crippen molar-refractivity contribution >= 4 is 17.4 Å². The van der Waals surface area contributed by atoms with Crippen LogP contribution in [0.3, 0.4) is 0 Å². The van der Waals surface area contributed by atoms with Crippen molar-refractivity contribution in [3.8, 4) is 22.8 Å². The number of hydrogen-bond donors (Lipinski definition) is 2. The quantitative estimate of drug-likeness (QED) is 0.0672. The van der Waals surface area contributed by atoms with E-state index >= 15 is 0 Å². The zero-order valence-corrected chi connectivity index (χ0v) is 29.3. The van der Waals surface area contributed by atoms with Gasteiger partial charge in [0.05, 0.1) is 4.88 Å². The molecule has 0 amide bonds. The fraction of sp³-hybridized carbons (Fsp3) is 0.0889. The molecule has 0 spiro atoms. The molecule has 6 nitrogen and oxygen atoms in total. The average Bonchev–Trinajstić information content (AvgIpc) is 3.48. The molecule has 1 aromatic heterocycles. The number of hydrogen-bond acceptors (Lipinski definition) is 6. The highest BCUT2D eigenvalue weighted by molar-refractivity contribution is 7.09. The van der Waals surface area contributed by atoms with E-state index < -0.39 is 5.54 Å². The van der Waals surface area contributed by atoms with Gasteiger partial charge in [0.1, 0.15) is 24.5 Å². The van der Waals surface area contributed by atoms with Gasteiger partial charge in [-0.15, -0.1) is 0 Å². The van der Waals surface area contributed by atoms with Gasteiger partial charge in [-0.05, 0) is 63.2 Å². The zero-order valence-electron chi connectivity index (χ0n) is 28.5. The van der Waals surface area contributed by atoms with Crippen molar-refractivity contribution in [2.45, 2.75) is 12.0 Å². The summed E-state index contributed by atoms with van der Waals surface area (Å²) in [5, 5.41) is 11.9. The third-order valence-corrected chi connectivity index (χ3v) is 9.86. The summed E-state index contributed by atoms with van der Waals surface area (Å²) in [5.41, 5.74) is 8.74. The predicted molar refractivity (Wildman–Crippen MR) is 210 cm³/mol. The second-order valence-corrected chi connectivity index (χ2v) is 13.3. The Hall–Kier alpha value is -6.15. The molecule has 6 aromatic carbocycles. The van der Waals surface area contributed by atoms with Crippen LogP contribution in [0.15, 0.2) is 181 Å². The van der Waals surface area contributed by atoms with E-state index in [-0.39, 0.29) is 10.8 Å². The highest BCUT2D eigenvalue weighted by Gasteiger charge is 2.42. The number of nitrogens with zero attached hydrogens (tertiary/aromatic N) is 1. The first-order valence-electron chi connectivity index (χ1n) is 17.1. The van der Waals surface area contributed by atoms with Gasteiger partial charge in [0.25, 0.3) is 0 Å². The fourth-order valence-electron chi connectivity index (χ4n) is 6.52. The van der Waals surface area contributed by atoms with Gasteiger partial charge in [0.15, 0.2) is 0 Å². The summed E-state index contributed by atoms with van der Waals surface area (Å²) in [6.45, 7) is 0.701. The number of thiazole rings is 1. The minimum atomic E-state index is -1.09. The smallest absolute Gasteiger partial charge is 0.311 e. The van der Waals surface area contributed by atoms with Gasteiger partial charge < -0.3 is 9.84 Å². The summed E-state index contributed by atoms with van der Waals surface area (Å²) in [6.07, 6.45) is 4.11. The van der Waals surface area contributed by atoms with Crippen molar-refractivity contribution in [3.05, 3.63) is 218 Å². The van der Waals surface area contributed by atoms with Crippen LogP contribution < -0.4 is 15.1 Å². The van der Waals surface area contributed by atoms with Crippen LogP contribution in [0.5, 0.6) is 11.6 Å². The molecule has 0 aliphatic heterocycles. The molecule has 0 unspecified atom stereocenters. The third kappa shape index (κ3) is 7.47. The lowest BCUT2D eigenvalue weighted by atomic mass is 9.76. The molecule has 0 aliphatic rings. The molecule has 0 bridgehead atoms. The second kappa shape index (κ2) is 16.2. The van der Waals surface area contributed by atoms with Gasteiger partial charge in [-0.3, -0.25) is 19.7 Å². The van der Waals surface area contributed by atoms with Crippen LogP contribution in [0, 0.1) is 0 Å². The van der Waals surface area contributed by atoms with E-state index in [0.29, 0.717) is 30.3 Å². The van der Waals surface area contributed by atoms with Gasteiger partial charge in [-0.1, -0.05) is 163 Å². The summed E-state index contributed by atoms with van der Waals surface area (Å²) in [4.78, 5) is 19.9. The monoisotopic (exact) mass is 702 g/mol. The summed E-state index contributed by atoms with van der Waals surface area (Å²) in [6, 6.07) is 55.9. The number of aromatic hydroxyl groups is 1. The lowest BCUT2D eigenvalue weighted by Gasteiger charge is -2.37. The lowest BCUT2D eigenvalue weighted by Crippen LogP contribution is -2.42. The Balaban J connectivity index is 1.01. The Morgan fingerprint density at radius 2 is 1.21 bits per heavy atom. The summed E-state index contributed by atoms with van der Waals surface area (Å²) < 4.78 is 7.44. The topological polar surface area (TPSA) is 72.7 Å². The van der Waals surface area contributed by atoms with Gasteiger partial charge in [0, 0.05) is 12.6 Å². The Morgan fingerprint density at radius 1 is 0.654 bits per heavy atom. The van der Waals surface area contributed by atoms with E-state index in [9.17, 15) is 9.90 Å². The van der Waals surface area contributed by atoms with Crippen molar-refractivity contribution in [1.29, 1.82) is 0 Å². The van der Waals surface area contributed by atoms with Crippen LogP contribution in [-0.4, -0.2) is 22.9 Å². The van der Waals surface area contributed by atoms with E-state index in [0.717, 1.165) is 44.7 Å². The highest BCUT2D eigenvalue weighted by atomic mass is 32.1. The van der Waals surface area contributed by atoms with Crippen molar-refractivity contribution < 1.29 is 14.7 Å². The Bertz CT molecular complexity index is 2170. The largest absolute Gasteiger partial charge is 0.494 e.